The molecule has 2 N–H and O–H groups in total. The topological polar surface area (TPSA) is 70.7 Å². The molecule has 0 bridgehead atoms. The number of rotatable bonds is 5. The quantitative estimate of drug-likeness (QED) is 0.806. The number of carbonyl (C=O) groups excluding carboxylic acids is 2. The molecule has 0 aromatic carbocycles. The summed E-state index contributed by atoms with van der Waals surface area (Å²) in [5, 5.41) is 7.80. The van der Waals surface area contributed by atoms with Crippen LogP contribution in [0.25, 0.3) is 0 Å². The lowest BCUT2D eigenvalue weighted by molar-refractivity contribution is -0.137. The van der Waals surface area contributed by atoms with Gasteiger partial charge >= 0.3 is 12.0 Å². The summed E-state index contributed by atoms with van der Waals surface area (Å²) in [6.45, 7) is 3.01. The zero-order valence-electron chi connectivity index (χ0n) is 12.4. The summed E-state index contributed by atoms with van der Waals surface area (Å²) in [7, 11) is 0. The summed E-state index contributed by atoms with van der Waals surface area (Å²) in [6.07, 6.45) is 2.69. The molecule has 3 heterocycles. The first kappa shape index (κ1) is 15.3. The smallest absolute Gasteiger partial charge is 0.315 e. The van der Waals surface area contributed by atoms with Crippen molar-refractivity contribution in [3.63, 3.8) is 0 Å². The highest BCUT2D eigenvalue weighted by atomic mass is 32.1. The second-order valence-corrected chi connectivity index (χ2v) is 6.69. The number of hydrogen-bond donors (Lipinski definition) is 2. The van der Waals surface area contributed by atoms with Crippen molar-refractivity contribution >= 4 is 23.3 Å². The third kappa shape index (κ3) is 3.78. The van der Waals surface area contributed by atoms with Gasteiger partial charge in [0, 0.05) is 11.4 Å². The minimum absolute atomic E-state index is 0.209. The van der Waals surface area contributed by atoms with Gasteiger partial charge in [0.25, 0.3) is 0 Å². The highest BCUT2D eigenvalue weighted by molar-refractivity contribution is 7.10. The summed E-state index contributed by atoms with van der Waals surface area (Å²) in [4.78, 5) is 26.7. The number of cyclic esters (lactones) is 1. The number of hydrogen-bond acceptors (Lipinski definition) is 5. The zero-order valence-corrected chi connectivity index (χ0v) is 13.2. The van der Waals surface area contributed by atoms with Gasteiger partial charge in [-0.25, -0.2) is 4.79 Å². The number of esters is 1. The normalized spacial score (nSPS) is 23.3. The fourth-order valence-corrected chi connectivity index (χ4v) is 3.84. The molecule has 1 unspecified atom stereocenters. The first-order valence-corrected chi connectivity index (χ1v) is 8.58. The van der Waals surface area contributed by atoms with Crippen LogP contribution < -0.4 is 10.6 Å². The Morgan fingerprint density at radius 3 is 2.91 bits per heavy atom. The van der Waals surface area contributed by atoms with Crippen molar-refractivity contribution in [1.29, 1.82) is 0 Å². The summed E-state index contributed by atoms with van der Waals surface area (Å²) >= 11 is 1.72. The average molecular weight is 323 g/mol. The Morgan fingerprint density at radius 2 is 2.27 bits per heavy atom. The Kier molecular flexibility index (Phi) is 4.94. The first-order chi connectivity index (χ1) is 10.7. The van der Waals surface area contributed by atoms with Crippen molar-refractivity contribution in [3.8, 4) is 0 Å². The highest BCUT2D eigenvalue weighted by Gasteiger charge is 2.27. The molecule has 2 amide bonds. The molecular formula is C15H21N3O3S. The van der Waals surface area contributed by atoms with Crippen LogP contribution in [-0.2, 0) is 9.53 Å². The maximum atomic E-state index is 12.0. The number of likely N-dealkylation sites (tertiary alicyclic amines) is 1. The molecule has 2 saturated heterocycles. The van der Waals surface area contributed by atoms with Crippen LogP contribution >= 0.6 is 11.3 Å². The van der Waals surface area contributed by atoms with Crippen molar-refractivity contribution in [2.75, 3.05) is 26.2 Å². The fourth-order valence-electron chi connectivity index (χ4n) is 2.97. The largest absolute Gasteiger partial charge is 0.463 e. The van der Waals surface area contributed by atoms with Crippen molar-refractivity contribution < 1.29 is 14.3 Å². The van der Waals surface area contributed by atoms with E-state index in [2.05, 4.69) is 27.0 Å². The van der Waals surface area contributed by atoms with E-state index in [1.807, 2.05) is 6.07 Å². The minimum atomic E-state index is -0.251. The van der Waals surface area contributed by atoms with E-state index in [1.165, 1.54) is 17.7 Å². The van der Waals surface area contributed by atoms with Gasteiger partial charge in [0.2, 0.25) is 0 Å². The van der Waals surface area contributed by atoms with E-state index < -0.39 is 0 Å². The van der Waals surface area contributed by atoms with Gasteiger partial charge < -0.3 is 15.4 Å². The van der Waals surface area contributed by atoms with Crippen LogP contribution in [0, 0.1) is 0 Å². The Labute approximate surface area is 133 Å². The molecule has 0 aliphatic carbocycles. The van der Waals surface area contributed by atoms with Crippen LogP contribution in [0.4, 0.5) is 4.79 Å². The maximum absolute atomic E-state index is 12.0. The maximum Gasteiger partial charge on any atom is 0.315 e. The second-order valence-electron chi connectivity index (χ2n) is 5.71. The molecule has 22 heavy (non-hydrogen) atoms. The Bertz CT molecular complexity index is 514. The van der Waals surface area contributed by atoms with E-state index in [0.29, 0.717) is 6.54 Å². The highest BCUT2D eigenvalue weighted by Crippen LogP contribution is 2.27. The third-order valence-electron chi connectivity index (χ3n) is 4.10. The standard InChI is InChI=1S/C15H21N3O3S/c19-14-8-11(10-21-14)17-15(20)16-9-12(13-4-3-7-22-13)18-5-1-2-6-18/h3-4,7,11-12H,1-2,5-6,8-10H2,(H2,16,17,20)/t11-,12?/m0/s1. The summed E-state index contributed by atoms with van der Waals surface area (Å²) in [6, 6.07) is 3.96. The summed E-state index contributed by atoms with van der Waals surface area (Å²) < 4.78 is 4.84. The molecule has 0 saturated carbocycles. The Morgan fingerprint density at radius 1 is 1.45 bits per heavy atom. The first-order valence-electron chi connectivity index (χ1n) is 7.70. The molecule has 120 valence electrons. The number of thiophene rings is 1. The van der Waals surface area contributed by atoms with Gasteiger partial charge in [-0.15, -0.1) is 11.3 Å². The summed E-state index contributed by atoms with van der Waals surface area (Å²) in [5.41, 5.74) is 0. The van der Waals surface area contributed by atoms with Crippen LogP contribution in [0.3, 0.4) is 0 Å². The van der Waals surface area contributed by atoms with Gasteiger partial charge in [-0.05, 0) is 37.4 Å². The van der Waals surface area contributed by atoms with E-state index in [0.717, 1.165) is 13.1 Å². The van der Waals surface area contributed by atoms with E-state index in [9.17, 15) is 9.59 Å². The lowest BCUT2D eigenvalue weighted by Crippen LogP contribution is -2.45. The van der Waals surface area contributed by atoms with E-state index in [4.69, 9.17) is 4.74 Å². The van der Waals surface area contributed by atoms with Crippen molar-refractivity contribution in [1.82, 2.24) is 15.5 Å². The number of ether oxygens (including phenoxy) is 1. The molecule has 0 radical (unpaired) electrons. The van der Waals surface area contributed by atoms with E-state index >= 15 is 0 Å². The van der Waals surface area contributed by atoms with Gasteiger partial charge in [-0.2, -0.15) is 0 Å². The van der Waals surface area contributed by atoms with Crippen LogP contribution in [0.15, 0.2) is 17.5 Å². The number of nitrogens with zero attached hydrogens (tertiary/aromatic N) is 1. The van der Waals surface area contributed by atoms with Gasteiger partial charge in [-0.1, -0.05) is 6.07 Å². The van der Waals surface area contributed by atoms with Crippen LogP contribution in [0.1, 0.15) is 30.2 Å². The molecule has 6 nitrogen and oxygen atoms in total. The van der Waals surface area contributed by atoms with Crippen molar-refractivity contribution in [3.05, 3.63) is 22.4 Å². The molecule has 0 spiro atoms. The van der Waals surface area contributed by atoms with Crippen LogP contribution in [0.2, 0.25) is 0 Å². The molecule has 1 aromatic heterocycles. The van der Waals surface area contributed by atoms with Crippen LogP contribution in [-0.4, -0.2) is 49.2 Å². The molecular weight excluding hydrogens is 302 g/mol. The average Bonchev–Trinajstić information content (AvgIpc) is 3.22. The molecule has 2 aliphatic rings. The fraction of sp³-hybridized carbons (Fsp3) is 0.600. The molecule has 2 atom stereocenters. The lowest BCUT2D eigenvalue weighted by atomic mass is 10.2. The van der Waals surface area contributed by atoms with Gasteiger partial charge in [-0.3, -0.25) is 9.69 Å². The van der Waals surface area contributed by atoms with E-state index in [-0.39, 0.29) is 37.1 Å². The van der Waals surface area contributed by atoms with Gasteiger partial charge in [0.1, 0.15) is 6.61 Å². The second kappa shape index (κ2) is 7.11. The van der Waals surface area contributed by atoms with Crippen LogP contribution in [0.5, 0.6) is 0 Å². The minimum Gasteiger partial charge on any atom is -0.463 e. The molecule has 1 aromatic rings. The SMILES string of the molecule is O=C(NCC(c1cccs1)N1CCCC1)N[C@@H]1COC(=O)C1. The Balaban J connectivity index is 1.52. The van der Waals surface area contributed by atoms with E-state index in [1.54, 1.807) is 11.3 Å². The van der Waals surface area contributed by atoms with Crippen molar-refractivity contribution in [2.24, 2.45) is 0 Å². The van der Waals surface area contributed by atoms with Gasteiger partial charge in [0.15, 0.2) is 0 Å². The predicted molar refractivity (Wildman–Crippen MR) is 83.8 cm³/mol. The molecule has 3 rings (SSSR count). The number of carbonyl (C=O) groups is 2. The predicted octanol–water partition coefficient (Wildman–Crippen LogP) is 1.50. The molecule has 7 heteroatoms. The molecule has 2 aliphatic heterocycles. The number of urea groups is 1. The number of amides is 2. The van der Waals surface area contributed by atoms with Gasteiger partial charge in [0.05, 0.1) is 18.5 Å². The lowest BCUT2D eigenvalue weighted by Gasteiger charge is -2.27. The summed E-state index contributed by atoms with van der Waals surface area (Å²) in [5.74, 6) is -0.251. The zero-order chi connectivity index (χ0) is 15.4. The number of nitrogens with one attached hydrogen (secondary N) is 2. The monoisotopic (exact) mass is 323 g/mol. The van der Waals surface area contributed by atoms with Crippen molar-refractivity contribution in [2.45, 2.75) is 31.3 Å². The third-order valence-corrected chi connectivity index (χ3v) is 5.08. The Hall–Kier alpha value is -1.60. The molecule has 2 fully saturated rings.